The fraction of sp³-hybridized carbons (Fsp3) is 0.250. The van der Waals surface area contributed by atoms with Crippen molar-refractivity contribution in [1.82, 2.24) is 19.7 Å². The molecule has 1 aliphatic rings. The van der Waals surface area contributed by atoms with Crippen LogP contribution >= 0.6 is 23.4 Å². The van der Waals surface area contributed by atoms with Gasteiger partial charge in [0, 0.05) is 31.9 Å². The highest BCUT2D eigenvalue weighted by Gasteiger charge is 2.23. The van der Waals surface area contributed by atoms with E-state index in [1.807, 2.05) is 64.1 Å². The molecule has 1 aromatic heterocycles. The van der Waals surface area contributed by atoms with E-state index in [1.54, 1.807) is 6.33 Å². The maximum atomic E-state index is 12.7. The van der Waals surface area contributed by atoms with Crippen LogP contribution in [0.15, 0.2) is 66.1 Å². The third-order valence-electron chi connectivity index (χ3n) is 4.70. The van der Waals surface area contributed by atoms with E-state index in [0.717, 1.165) is 29.5 Å². The van der Waals surface area contributed by atoms with Crippen LogP contribution in [-0.4, -0.2) is 57.5 Å². The molecule has 3 aromatic rings. The van der Waals surface area contributed by atoms with Gasteiger partial charge in [-0.05, 0) is 24.3 Å². The van der Waals surface area contributed by atoms with Crippen LogP contribution in [0, 0.1) is 0 Å². The van der Waals surface area contributed by atoms with Crippen molar-refractivity contribution >= 4 is 35.0 Å². The molecule has 0 saturated carbocycles. The third kappa shape index (κ3) is 4.15. The van der Waals surface area contributed by atoms with Crippen LogP contribution in [0.4, 0.5) is 5.69 Å². The number of carbonyl (C=O) groups is 1. The average molecular weight is 414 g/mol. The highest BCUT2D eigenvalue weighted by atomic mass is 35.5. The van der Waals surface area contributed by atoms with Crippen molar-refractivity contribution < 1.29 is 4.79 Å². The maximum Gasteiger partial charge on any atom is 0.233 e. The molecule has 0 unspecified atom stereocenters. The number of hydrogen-bond donors (Lipinski definition) is 0. The zero-order chi connectivity index (χ0) is 19.3. The van der Waals surface area contributed by atoms with Crippen LogP contribution in [0.5, 0.6) is 0 Å². The molecule has 0 radical (unpaired) electrons. The van der Waals surface area contributed by atoms with Crippen molar-refractivity contribution in [3.63, 3.8) is 0 Å². The minimum absolute atomic E-state index is 0.117. The molecule has 0 N–H and O–H groups in total. The molecular weight excluding hydrogens is 394 g/mol. The number of halogens is 1. The highest BCUT2D eigenvalue weighted by molar-refractivity contribution is 7.99. The van der Waals surface area contributed by atoms with Crippen LogP contribution in [0.3, 0.4) is 0 Å². The molecule has 6 nitrogen and oxygen atoms in total. The van der Waals surface area contributed by atoms with E-state index in [9.17, 15) is 4.79 Å². The Kier molecular flexibility index (Phi) is 5.83. The predicted octanol–water partition coefficient (Wildman–Crippen LogP) is 3.36. The zero-order valence-corrected chi connectivity index (χ0v) is 16.8. The number of hydrogen-bond acceptors (Lipinski definition) is 5. The van der Waals surface area contributed by atoms with E-state index in [1.165, 1.54) is 11.8 Å². The van der Waals surface area contributed by atoms with E-state index in [0.29, 0.717) is 24.0 Å². The van der Waals surface area contributed by atoms with Crippen LogP contribution in [0.25, 0.3) is 5.69 Å². The molecule has 8 heteroatoms. The topological polar surface area (TPSA) is 54.3 Å². The number of anilines is 1. The molecule has 1 saturated heterocycles. The van der Waals surface area contributed by atoms with E-state index >= 15 is 0 Å². The summed E-state index contributed by atoms with van der Waals surface area (Å²) in [7, 11) is 0. The quantitative estimate of drug-likeness (QED) is 0.600. The Balaban J connectivity index is 1.33. The van der Waals surface area contributed by atoms with Crippen molar-refractivity contribution in [1.29, 1.82) is 0 Å². The monoisotopic (exact) mass is 413 g/mol. The molecule has 144 valence electrons. The predicted molar refractivity (Wildman–Crippen MR) is 112 cm³/mol. The van der Waals surface area contributed by atoms with Crippen LogP contribution in [0.1, 0.15) is 0 Å². The summed E-state index contributed by atoms with van der Waals surface area (Å²) in [4.78, 5) is 16.8. The number of amides is 1. The van der Waals surface area contributed by atoms with Gasteiger partial charge in [0.2, 0.25) is 5.91 Å². The first-order chi connectivity index (χ1) is 13.7. The van der Waals surface area contributed by atoms with Gasteiger partial charge < -0.3 is 9.80 Å². The van der Waals surface area contributed by atoms with Gasteiger partial charge in [-0.2, -0.15) is 0 Å². The summed E-state index contributed by atoms with van der Waals surface area (Å²) in [6.45, 7) is 2.94. The van der Waals surface area contributed by atoms with Gasteiger partial charge in [0.25, 0.3) is 0 Å². The van der Waals surface area contributed by atoms with Gasteiger partial charge in [0.15, 0.2) is 5.16 Å². The van der Waals surface area contributed by atoms with E-state index in [2.05, 4.69) is 15.1 Å². The molecule has 0 atom stereocenters. The Morgan fingerprint density at radius 3 is 2.46 bits per heavy atom. The number of piperazine rings is 1. The first-order valence-corrected chi connectivity index (χ1v) is 10.4. The second kappa shape index (κ2) is 8.67. The van der Waals surface area contributed by atoms with E-state index in [-0.39, 0.29) is 5.91 Å². The molecule has 1 amide bonds. The Morgan fingerprint density at radius 1 is 1.00 bits per heavy atom. The minimum atomic E-state index is 0.117. The molecule has 28 heavy (non-hydrogen) atoms. The fourth-order valence-electron chi connectivity index (χ4n) is 3.21. The standard InChI is InChI=1S/C20H20ClN5OS/c21-17-8-4-5-9-18(17)24-10-12-25(13-11-24)19(27)14-28-20-23-22-15-26(20)16-6-2-1-3-7-16/h1-9,15H,10-14H2. The Hall–Kier alpha value is -2.51. The average Bonchev–Trinajstić information content (AvgIpc) is 3.22. The number of para-hydroxylation sites is 2. The Bertz CT molecular complexity index is 941. The molecule has 0 spiro atoms. The molecule has 0 aliphatic carbocycles. The normalized spacial score (nSPS) is 14.3. The molecule has 4 rings (SSSR count). The smallest absolute Gasteiger partial charge is 0.233 e. The third-order valence-corrected chi connectivity index (χ3v) is 5.95. The molecule has 2 heterocycles. The summed E-state index contributed by atoms with van der Waals surface area (Å²) >= 11 is 7.70. The second-order valence-electron chi connectivity index (χ2n) is 6.43. The van der Waals surface area contributed by atoms with Gasteiger partial charge in [0.05, 0.1) is 16.5 Å². The van der Waals surface area contributed by atoms with Gasteiger partial charge in [-0.15, -0.1) is 10.2 Å². The maximum absolute atomic E-state index is 12.7. The molecular formula is C20H20ClN5OS. The summed E-state index contributed by atoms with van der Waals surface area (Å²) < 4.78 is 1.90. The lowest BCUT2D eigenvalue weighted by atomic mass is 10.2. The fourth-order valence-corrected chi connectivity index (χ4v) is 4.30. The lowest BCUT2D eigenvalue weighted by molar-refractivity contribution is -0.128. The summed E-state index contributed by atoms with van der Waals surface area (Å²) in [5.41, 5.74) is 2.01. The zero-order valence-electron chi connectivity index (χ0n) is 15.2. The van der Waals surface area contributed by atoms with Crippen molar-refractivity contribution in [3.05, 3.63) is 65.9 Å². The van der Waals surface area contributed by atoms with Gasteiger partial charge in [0.1, 0.15) is 6.33 Å². The number of carbonyl (C=O) groups excluding carboxylic acids is 1. The van der Waals surface area contributed by atoms with Crippen molar-refractivity contribution in [2.24, 2.45) is 0 Å². The number of rotatable bonds is 5. The minimum Gasteiger partial charge on any atom is -0.367 e. The van der Waals surface area contributed by atoms with Crippen LogP contribution in [0.2, 0.25) is 5.02 Å². The van der Waals surface area contributed by atoms with Crippen LogP contribution in [-0.2, 0) is 4.79 Å². The lowest BCUT2D eigenvalue weighted by Crippen LogP contribution is -2.49. The first-order valence-electron chi connectivity index (χ1n) is 9.08. The summed E-state index contributed by atoms with van der Waals surface area (Å²) in [6.07, 6.45) is 1.67. The van der Waals surface area contributed by atoms with Crippen molar-refractivity contribution in [2.75, 3.05) is 36.8 Å². The molecule has 1 fully saturated rings. The number of benzene rings is 2. The number of thioether (sulfide) groups is 1. The largest absolute Gasteiger partial charge is 0.367 e. The highest BCUT2D eigenvalue weighted by Crippen LogP contribution is 2.26. The van der Waals surface area contributed by atoms with Gasteiger partial charge in [-0.1, -0.05) is 53.7 Å². The van der Waals surface area contributed by atoms with E-state index < -0.39 is 0 Å². The number of nitrogens with zero attached hydrogens (tertiary/aromatic N) is 5. The summed E-state index contributed by atoms with van der Waals surface area (Å²) in [5, 5.41) is 9.61. The van der Waals surface area contributed by atoms with Crippen molar-refractivity contribution in [2.45, 2.75) is 5.16 Å². The van der Waals surface area contributed by atoms with Crippen LogP contribution < -0.4 is 4.90 Å². The molecule has 0 bridgehead atoms. The summed E-state index contributed by atoms with van der Waals surface area (Å²) in [5.74, 6) is 0.462. The Labute approximate surface area is 173 Å². The number of aromatic nitrogens is 3. The van der Waals surface area contributed by atoms with Gasteiger partial charge in [-0.25, -0.2) is 0 Å². The SMILES string of the molecule is O=C(CSc1nncn1-c1ccccc1)N1CCN(c2ccccc2Cl)CC1. The van der Waals surface area contributed by atoms with E-state index in [4.69, 9.17) is 11.6 Å². The van der Waals surface area contributed by atoms with Gasteiger partial charge in [-0.3, -0.25) is 9.36 Å². The Morgan fingerprint density at radius 2 is 1.71 bits per heavy atom. The molecule has 2 aromatic carbocycles. The van der Waals surface area contributed by atoms with Gasteiger partial charge >= 0.3 is 0 Å². The summed E-state index contributed by atoms with van der Waals surface area (Å²) in [6, 6.07) is 17.7. The second-order valence-corrected chi connectivity index (χ2v) is 7.78. The first kappa shape index (κ1) is 18.8. The lowest BCUT2D eigenvalue weighted by Gasteiger charge is -2.36. The van der Waals surface area contributed by atoms with Crippen molar-refractivity contribution in [3.8, 4) is 5.69 Å². The molecule has 1 aliphatic heterocycles.